The Kier molecular flexibility index (Phi) is 4.47. The molecule has 124 valence electrons. The molecular formula is C16H22N4O3. The van der Waals surface area contributed by atoms with Crippen molar-refractivity contribution in [2.45, 2.75) is 26.2 Å². The van der Waals surface area contributed by atoms with Crippen molar-refractivity contribution in [3.05, 3.63) is 28.0 Å². The third-order valence-corrected chi connectivity index (χ3v) is 4.31. The van der Waals surface area contributed by atoms with Crippen molar-refractivity contribution >= 4 is 17.0 Å². The molecule has 0 spiro atoms. The highest BCUT2D eigenvalue weighted by Gasteiger charge is 2.22. The molecule has 0 bridgehead atoms. The standard InChI is InChI=1S/C16H22N4O3/c1-11-12(13-15(23-11)18-10-19(2)16(13)22)14(21)17-6-5-9-20-7-3-4-8-20/h10H,3-9H2,1-2H3,(H,17,21). The van der Waals surface area contributed by atoms with Gasteiger partial charge < -0.3 is 19.2 Å². The van der Waals surface area contributed by atoms with Gasteiger partial charge in [0.25, 0.3) is 11.5 Å². The van der Waals surface area contributed by atoms with E-state index in [1.807, 2.05) is 0 Å². The van der Waals surface area contributed by atoms with E-state index in [1.54, 1.807) is 14.0 Å². The molecule has 0 atom stereocenters. The van der Waals surface area contributed by atoms with Crippen molar-refractivity contribution < 1.29 is 9.21 Å². The first-order valence-electron chi connectivity index (χ1n) is 8.03. The van der Waals surface area contributed by atoms with Crippen molar-refractivity contribution in [3.8, 4) is 0 Å². The van der Waals surface area contributed by atoms with Crippen LogP contribution in [0.25, 0.3) is 11.1 Å². The number of nitrogens with one attached hydrogen (secondary N) is 1. The minimum Gasteiger partial charge on any atom is -0.442 e. The Morgan fingerprint density at radius 1 is 1.39 bits per heavy atom. The summed E-state index contributed by atoms with van der Waals surface area (Å²) in [5.41, 5.74) is 0.247. The van der Waals surface area contributed by atoms with E-state index < -0.39 is 0 Å². The highest BCUT2D eigenvalue weighted by Crippen LogP contribution is 2.20. The van der Waals surface area contributed by atoms with E-state index >= 15 is 0 Å². The number of hydrogen-bond acceptors (Lipinski definition) is 5. The predicted octanol–water partition coefficient (Wildman–Crippen LogP) is 1.05. The molecule has 0 aliphatic carbocycles. The lowest BCUT2D eigenvalue weighted by molar-refractivity contribution is 0.0952. The molecule has 0 aromatic carbocycles. The third-order valence-electron chi connectivity index (χ3n) is 4.31. The molecule has 3 rings (SSSR count). The van der Waals surface area contributed by atoms with Gasteiger partial charge in [-0.25, -0.2) is 4.98 Å². The summed E-state index contributed by atoms with van der Waals surface area (Å²) in [6.07, 6.45) is 4.83. The summed E-state index contributed by atoms with van der Waals surface area (Å²) >= 11 is 0. The average molecular weight is 318 g/mol. The zero-order chi connectivity index (χ0) is 16.4. The summed E-state index contributed by atoms with van der Waals surface area (Å²) in [7, 11) is 1.61. The molecule has 3 heterocycles. The maximum Gasteiger partial charge on any atom is 0.265 e. The molecule has 7 heteroatoms. The number of hydrogen-bond donors (Lipinski definition) is 1. The highest BCUT2D eigenvalue weighted by molar-refractivity contribution is 6.06. The summed E-state index contributed by atoms with van der Waals surface area (Å²) in [6, 6.07) is 0. The Morgan fingerprint density at radius 2 is 2.13 bits per heavy atom. The first-order chi connectivity index (χ1) is 11.1. The van der Waals surface area contributed by atoms with Crippen molar-refractivity contribution in [3.63, 3.8) is 0 Å². The van der Waals surface area contributed by atoms with E-state index in [-0.39, 0.29) is 22.6 Å². The number of nitrogens with zero attached hydrogens (tertiary/aromatic N) is 3. The summed E-state index contributed by atoms with van der Waals surface area (Å²) < 4.78 is 6.80. The molecule has 1 aliphatic heterocycles. The number of rotatable bonds is 5. The number of aromatic nitrogens is 2. The third kappa shape index (κ3) is 3.14. The van der Waals surface area contributed by atoms with E-state index in [4.69, 9.17) is 4.42 Å². The molecule has 1 saturated heterocycles. The molecule has 7 nitrogen and oxygen atoms in total. The number of likely N-dealkylation sites (tertiary alicyclic amines) is 1. The minimum atomic E-state index is -0.271. The van der Waals surface area contributed by atoms with Crippen LogP contribution in [0.2, 0.25) is 0 Å². The van der Waals surface area contributed by atoms with Crippen molar-refractivity contribution in [1.82, 2.24) is 19.8 Å². The lowest BCUT2D eigenvalue weighted by Crippen LogP contribution is -2.29. The smallest absolute Gasteiger partial charge is 0.265 e. The van der Waals surface area contributed by atoms with Gasteiger partial charge in [-0.15, -0.1) is 0 Å². The molecule has 23 heavy (non-hydrogen) atoms. The number of fused-ring (bicyclic) bond motifs is 1. The van der Waals surface area contributed by atoms with Gasteiger partial charge in [0.15, 0.2) is 0 Å². The quantitative estimate of drug-likeness (QED) is 0.834. The molecule has 2 aromatic heterocycles. The average Bonchev–Trinajstić information content (AvgIpc) is 3.14. The Hall–Kier alpha value is -2.15. The Bertz CT molecular complexity index is 771. The van der Waals surface area contributed by atoms with Gasteiger partial charge in [0.05, 0.1) is 5.56 Å². The monoisotopic (exact) mass is 318 g/mol. The Morgan fingerprint density at radius 3 is 2.87 bits per heavy atom. The molecule has 1 amide bonds. The van der Waals surface area contributed by atoms with Crippen LogP contribution in [0, 0.1) is 6.92 Å². The molecule has 1 N–H and O–H groups in total. The molecular weight excluding hydrogens is 296 g/mol. The first kappa shape index (κ1) is 15.7. The molecule has 0 saturated carbocycles. The normalized spacial score (nSPS) is 15.4. The van der Waals surface area contributed by atoms with Gasteiger partial charge in [0.2, 0.25) is 5.71 Å². The topological polar surface area (TPSA) is 80.4 Å². The van der Waals surface area contributed by atoms with Crippen LogP contribution in [0.5, 0.6) is 0 Å². The second-order valence-corrected chi connectivity index (χ2v) is 6.03. The van der Waals surface area contributed by atoms with Crippen LogP contribution in [0.4, 0.5) is 0 Å². The van der Waals surface area contributed by atoms with Crippen LogP contribution < -0.4 is 10.9 Å². The van der Waals surface area contributed by atoms with Crippen LogP contribution in [-0.4, -0.2) is 46.5 Å². The number of amides is 1. The van der Waals surface area contributed by atoms with Crippen molar-refractivity contribution in [2.24, 2.45) is 7.05 Å². The van der Waals surface area contributed by atoms with Crippen LogP contribution >= 0.6 is 0 Å². The molecule has 1 aliphatic rings. The van der Waals surface area contributed by atoms with Crippen LogP contribution in [-0.2, 0) is 7.05 Å². The summed E-state index contributed by atoms with van der Waals surface area (Å²) in [5.74, 6) is 0.153. The minimum absolute atomic E-state index is 0.216. The summed E-state index contributed by atoms with van der Waals surface area (Å²) in [4.78, 5) is 31.2. The first-order valence-corrected chi connectivity index (χ1v) is 8.03. The number of aryl methyl sites for hydroxylation is 2. The van der Waals surface area contributed by atoms with E-state index in [2.05, 4.69) is 15.2 Å². The lowest BCUT2D eigenvalue weighted by Gasteiger charge is -2.14. The van der Waals surface area contributed by atoms with E-state index in [0.29, 0.717) is 17.9 Å². The Labute approximate surface area is 134 Å². The van der Waals surface area contributed by atoms with Crippen molar-refractivity contribution in [1.29, 1.82) is 0 Å². The number of furan rings is 1. The molecule has 0 radical (unpaired) electrons. The van der Waals surface area contributed by atoms with Gasteiger partial charge >= 0.3 is 0 Å². The van der Waals surface area contributed by atoms with E-state index in [1.165, 1.54) is 23.7 Å². The summed E-state index contributed by atoms with van der Waals surface area (Å²) in [6.45, 7) is 5.57. The fourth-order valence-corrected chi connectivity index (χ4v) is 3.06. The second-order valence-electron chi connectivity index (χ2n) is 6.03. The van der Waals surface area contributed by atoms with Crippen molar-refractivity contribution in [2.75, 3.05) is 26.2 Å². The maximum atomic E-state index is 12.4. The Balaban J connectivity index is 1.69. The van der Waals surface area contributed by atoms with Gasteiger partial charge in [0.1, 0.15) is 17.5 Å². The SMILES string of the molecule is Cc1oc2ncn(C)c(=O)c2c1C(=O)NCCCN1CCCC1. The van der Waals surface area contributed by atoms with Crippen LogP contribution in [0.3, 0.4) is 0 Å². The summed E-state index contributed by atoms with van der Waals surface area (Å²) in [5, 5.41) is 3.14. The lowest BCUT2D eigenvalue weighted by atomic mass is 10.1. The van der Waals surface area contributed by atoms with Gasteiger partial charge in [-0.05, 0) is 45.8 Å². The van der Waals surface area contributed by atoms with E-state index in [0.717, 1.165) is 26.1 Å². The maximum absolute atomic E-state index is 12.4. The van der Waals surface area contributed by atoms with Gasteiger partial charge in [-0.1, -0.05) is 0 Å². The fraction of sp³-hybridized carbons (Fsp3) is 0.562. The fourth-order valence-electron chi connectivity index (χ4n) is 3.06. The molecule has 1 fully saturated rings. The molecule has 0 unspecified atom stereocenters. The second kappa shape index (κ2) is 6.54. The number of carbonyl (C=O) groups is 1. The van der Waals surface area contributed by atoms with Crippen LogP contribution in [0.1, 0.15) is 35.4 Å². The zero-order valence-corrected chi connectivity index (χ0v) is 13.6. The largest absolute Gasteiger partial charge is 0.442 e. The highest BCUT2D eigenvalue weighted by atomic mass is 16.3. The van der Waals surface area contributed by atoms with Gasteiger partial charge in [-0.3, -0.25) is 9.59 Å². The van der Waals surface area contributed by atoms with Crippen LogP contribution in [0.15, 0.2) is 15.5 Å². The van der Waals surface area contributed by atoms with Gasteiger partial charge in [0, 0.05) is 13.6 Å². The van der Waals surface area contributed by atoms with Gasteiger partial charge in [-0.2, -0.15) is 0 Å². The molecule has 2 aromatic rings. The predicted molar refractivity (Wildman–Crippen MR) is 86.6 cm³/mol. The zero-order valence-electron chi connectivity index (χ0n) is 13.6. The van der Waals surface area contributed by atoms with E-state index in [9.17, 15) is 9.59 Å². The number of carbonyl (C=O) groups excluding carboxylic acids is 1.